The highest BCUT2D eigenvalue weighted by Crippen LogP contribution is 2.19. The maximum atomic E-state index is 12.1. The van der Waals surface area contributed by atoms with Gasteiger partial charge in [-0.05, 0) is 37.1 Å². The lowest BCUT2D eigenvalue weighted by Gasteiger charge is -2.19. The van der Waals surface area contributed by atoms with Gasteiger partial charge in [-0.2, -0.15) is 0 Å². The Hall–Kier alpha value is -3.00. The number of carbonyl (C=O) groups is 1. The summed E-state index contributed by atoms with van der Waals surface area (Å²) in [4.78, 5) is 16.4. The second-order valence-electron chi connectivity index (χ2n) is 5.92. The molecule has 2 aromatic heterocycles. The van der Waals surface area contributed by atoms with Crippen molar-refractivity contribution in [3.05, 3.63) is 59.2 Å². The number of nitrogens with zero attached hydrogens (tertiary/aromatic N) is 3. The molecule has 1 amide bonds. The van der Waals surface area contributed by atoms with E-state index in [2.05, 4.69) is 32.7 Å². The van der Waals surface area contributed by atoms with Crippen molar-refractivity contribution in [2.45, 2.75) is 26.4 Å². The largest absolute Gasteiger partial charge is 0.488 e. The minimum Gasteiger partial charge on any atom is -0.488 e. The molecular weight excluding hydrogens is 362 g/mol. The van der Waals surface area contributed by atoms with Crippen molar-refractivity contribution < 1.29 is 9.53 Å². The molecule has 0 bridgehead atoms. The molecule has 2 N–H and O–H groups in total. The number of aromatic nitrogens is 3. The quantitative estimate of drug-likeness (QED) is 0.616. The number of ether oxygens (including phenoxy) is 1. The first-order valence-electron chi connectivity index (χ1n) is 8.65. The zero-order valence-corrected chi connectivity index (χ0v) is 16.0. The van der Waals surface area contributed by atoms with E-state index in [0.717, 1.165) is 17.7 Å². The van der Waals surface area contributed by atoms with Crippen LogP contribution >= 0.6 is 11.3 Å². The highest BCUT2D eigenvalue weighted by atomic mass is 32.1. The summed E-state index contributed by atoms with van der Waals surface area (Å²) in [5.41, 5.74) is 3.13. The van der Waals surface area contributed by atoms with Gasteiger partial charge in [-0.1, -0.05) is 36.5 Å². The molecule has 140 valence electrons. The second-order valence-corrected chi connectivity index (χ2v) is 6.76. The van der Waals surface area contributed by atoms with Gasteiger partial charge in [-0.25, -0.2) is 4.98 Å². The Morgan fingerprint density at radius 1 is 1.26 bits per heavy atom. The van der Waals surface area contributed by atoms with Crippen molar-refractivity contribution >= 4 is 28.2 Å². The van der Waals surface area contributed by atoms with E-state index in [4.69, 9.17) is 4.74 Å². The highest BCUT2D eigenvalue weighted by molar-refractivity contribution is 7.13. The van der Waals surface area contributed by atoms with Gasteiger partial charge in [0.15, 0.2) is 0 Å². The molecule has 0 saturated carbocycles. The van der Waals surface area contributed by atoms with Crippen LogP contribution in [0.1, 0.15) is 29.3 Å². The van der Waals surface area contributed by atoms with Gasteiger partial charge in [0.1, 0.15) is 23.2 Å². The second kappa shape index (κ2) is 9.09. The molecule has 3 aromatic rings. The number of rotatable bonds is 8. The Balaban J connectivity index is 1.54. The van der Waals surface area contributed by atoms with Crippen LogP contribution in [0.3, 0.4) is 0 Å². The molecule has 3 rings (SSSR count). The molecule has 27 heavy (non-hydrogen) atoms. The Kier molecular flexibility index (Phi) is 6.32. The number of aryl methyl sites for hydroxylation is 1. The van der Waals surface area contributed by atoms with Crippen molar-refractivity contribution in [1.82, 2.24) is 15.2 Å². The van der Waals surface area contributed by atoms with Gasteiger partial charge in [-0.3, -0.25) is 10.1 Å². The Morgan fingerprint density at radius 3 is 2.78 bits per heavy atom. The van der Waals surface area contributed by atoms with Crippen molar-refractivity contribution in [3.8, 4) is 5.75 Å². The average Bonchev–Trinajstić information content (AvgIpc) is 3.20. The molecule has 1 unspecified atom stereocenters. The summed E-state index contributed by atoms with van der Waals surface area (Å²) in [7, 11) is 0. The van der Waals surface area contributed by atoms with Crippen LogP contribution in [0, 0.1) is 6.92 Å². The number of hydrogen-bond donors (Lipinski definition) is 2. The smallest absolute Gasteiger partial charge is 0.259 e. The molecule has 0 radical (unpaired) electrons. The van der Waals surface area contributed by atoms with Crippen LogP contribution in [0.2, 0.25) is 0 Å². The van der Waals surface area contributed by atoms with Crippen LogP contribution in [0.25, 0.3) is 0 Å². The zero-order chi connectivity index (χ0) is 19.1. The van der Waals surface area contributed by atoms with Crippen LogP contribution in [0.15, 0.2) is 48.1 Å². The maximum absolute atomic E-state index is 12.1. The molecule has 7 nitrogen and oxygen atoms in total. The first kappa shape index (κ1) is 18.8. The summed E-state index contributed by atoms with van der Waals surface area (Å²) in [5, 5.41) is 13.9. The minimum atomic E-state index is -0.264. The molecule has 2 heterocycles. The lowest BCUT2D eigenvalue weighted by atomic mass is 10.2. The summed E-state index contributed by atoms with van der Waals surface area (Å²) in [6, 6.07) is 11.5. The molecule has 0 spiro atoms. The Labute approximate surface area is 161 Å². The van der Waals surface area contributed by atoms with E-state index in [1.807, 2.05) is 31.2 Å². The standard InChI is InChI=1S/C19H21N5O2S/c1-3-15(26-16-7-5-4-6-13(16)2)11-21-17-9-8-14(10-20-17)18(25)23-19-24-22-12-27-19/h4-10,12,15H,3,11H2,1-2H3,(H,20,21)(H,23,24,25). The fraction of sp³-hybridized carbons (Fsp3) is 0.263. The van der Waals surface area contributed by atoms with Gasteiger partial charge in [-0.15, -0.1) is 10.2 Å². The number of nitrogens with one attached hydrogen (secondary N) is 2. The van der Waals surface area contributed by atoms with Crippen molar-refractivity contribution in [3.63, 3.8) is 0 Å². The van der Waals surface area contributed by atoms with E-state index in [0.29, 0.717) is 23.1 Å². The number of para-hydroxylation sites is 1. The number of hydrogen-bond acceptors (Lipinski definition) is 7. The van der Waals surface area contributed by atoms with E-state index in [1.54, 1.807) is 17.6 Å². The zero-order valence-electron chi connectivity index (χ0n) is 15.2. The lowest BCUT2D eigenvalue weighted by molar-refractivity contribution is 0.102. The highest BCUT2D eigenvalue weighted by Gasteiger charge is 2.11. The third-order valence-electron chi connectivity index (χ3n) is 3.96. The number of benzene rings is 1. The summed E-state index contributed by atoms with van der Waals surface area (Å²) in [5.74, 6) is 1.32. The van der Waals surface area contributed by atoms with E-state index in [9.17, 15) is 4.79 Å². The van der Waals surface area contributed by atoms with E-state index in [1.165, 1.54) is 17.5 Å². The van der Waals surface area contributed by atoms with Crippen LogP contribution < -0.4 is 15.4 Å². The van der Waals surface area contributed by atoms with Gasteiger partial charge in [0, 0.05) is 6.20 Å². The normalized spacial score (nSPS) is 11.6. The summed E-state index contributed by atoms with van der Waals surface area (Å²) in [6.45, 7) is 4.73. The molecule has 0 aliphatic heterocycles. The third kappa shape index (κ3) is 5.24. The predicted molar refractivity (Wildman–Crippen MR) is 106 cm³/mol. The van der Waals surface area contributed by atoms with Crippen LogP contribution in [-0.2, 0) is 0 Å². The van der Waals surface area contributed by atoms with E-state index in [-0.39, 0.29) is 12.0 Å². The molecule has 0 aliphatic carbocycles. The van der Waals surface area contributed by atoms with Gasteiger partial charge in [0.05, 0.1) is 12.1 Å². The van der Waals surface area contributed by atoms with Crippen molar-refractivity contribution in [2.75, 3.05) is 17.2 Å². The van der Waals surface area contributed by atoms with Crippen LogP contribution in [-0.4, -0.2) is 33.7 Å². The molecule has 0 fully saturated rings. The Morgan fingerprint density at radius 2 is 2.11 bits per heavy atom. The number of pyridine rings is 1. The molecule has 1 atom stereocenters. The molecule has 8 heteroatoms. The van der Waals surface area contributed by atoms with Crippen LogP contribution in [0.4, 0.5) is 10.9 Å². The SMILES string of the molecule is CCC(CNc1ccc(C(=O)Nc2nncs2)cn1)Oc1ccccc1C. The fourth-order valence-corrected chi connectivity index (χ4v) is 2.83. The predicted octanol–water partition coefficient (Wildman–Crippen LogP) is 3.76. The summed E-state index contributed by atoms with van der Waals surface area (Å²) >= 11 is 1.26. The molecule has 0 aliphatic rings. The fourth-order valence-electron chi connectivity index (χ4n) is 2.39. The first-order chi connectivity index (χ1) is 13.2. The lowest BCUT2D eigenvalue weighted by Crippen LogP contribution is -2.26. The maximum Gasteiger partial charge on any atom is 0.259 e. The summed E-state index contributed by atoms with van der Waals surface area (Å²) < 4.78 is 6.07. The number of anilines is 2. The van der Waals surface area contributed by atoms with Crippen molar-refractivity contribution in [2.24, 2.45) is 0 Å². The summed E-state index contributed by atoms with van der Waals surface area (Å²) in [6.07, 6.45) is 2.42. The Bertz CT molecular complexity index is 868. The monoisotopic (exact) mass is 383 g/mol. The topological polar surface area (TPSA) is 89.0 Å². The third-order valence-corrected chi connectivity index (χ3v) is 4.57. The average molecular weight is 383 g/mol. The minimum absolute atomic E-state index is 0.0216. The van der Waals surface area contributed by atoms with E-state index >= 15 is 0 Å². The van der Waals surface area contributed by atoms with Crippen molar-refractivity contribution in [1.29, 1.82) is 0 Å². The number of amides is 1. The molecular formula is C19H21N5O2S. The van der Waals surface area contributed by atoms with E-state index < -0.39 is 0 Å². The van der Waals surface area contributed by atoms with Gasteiger partial charge >= 0.3 is 0 Å². The first-order valence-corrected chi connectivity index (χ1v) is 9.53. The molecule has 1 aromatic carbocycles. The number of carbonyl (C=O) groups excluding carboxylic acids is 1. The van der Waals surface area contributed by atoms with Gasteiger partial charge in [0.2, 0.25) is 5.13 Å². The molecule has 0 saturated heterocycles. The van der Waals surface area contributed by atoms with Gasteiger partial charge in [0.25, 0.3) is 5.91 Å². The van der Waals surface area contributed by atoms with Crippen LogP contribution in [0.5, 0.6) is 5.75 Å². The van der Waals surface area contributed by atoms with Gasteiger partial charge < -0.3 is 10.1 Å².